The number of nitrogens with zero attached hydrogens (tertiary/aromatic N) is 2. The Morgan fingerprint density at radius 2 is 2.10 bits per heavy atom. The van der Waals surface area contributed by atoms with Crippen LogP contribution in [-0.2, 0) is 21.6 Å². The SMILES string of the molecule is CCOC1(c2nc(C)cc(CNC3CC3)n2)CCOCC1. The maximum absolute atomic E-state index is 6.08. The van der Waals surface area contributed by atoms with Crippen molar-refractivity contribution in [3.05, 3.63) is 23.3 Å². The van der Waals surface area contributed by atoms with E-state index in [1.54, 1.807) is 0 Å². The predicted molar refractivity (Wildman–Crippen MR) is 80.0 cm³/mol. The lowest BCUT2D eigenvalue weighted by Crippen LogP contribution is -2.39. The largest absolute Gasteiger partial charge is 0.381 e. The van der Waals surface area contributed by atoms with Crippen molar-refractivity contribution in [2.24, 2.45) is 0 Å². The minimum absolute atomic E-state index is 0.368. The van der Waals surface area contributed by atoms with Crippen LogP contribution in [0.5, 0.6) is 0 Å². The van der Waals surface area contributed by atoms with Crippen molar-refractivity contribution in [1.29, 1.82) is 0 Å². The molecule has 3 rings (SSSR count). The summed E-state index contributed by atoms with van der Waals surface area (Å²) in [5.41, 5.74) is 1.71. The molecular formula is C16H25N3O2. The van der Waals surface area contributed by atoms with E-state index in [0.717, 1.165) is 36.6 Å². The Hall–Kier alpha value is -1.04. The van der Waals surface area contributed by atoms with Gasteiger partial charge in [-0.05, 0) is 32.8 Å². The molecule has 5 nitrogen and oxygen atoms in total. The lowest BCUT2D eigenvalue weighted by atomic mass is 9.92. The van der Waals surface area contributed by atoms with Gasteiger partial charge in [0.25, 0.3) is 0 Å². The monoisotopic (exact) mass is 291 g/mol. The van der Waals surface area contributed by atoms with Crippen LogP contribution in [0.3, 0.4) is 0 Å². The third-order valence-corrected chi connectivity index (χ3v) is 4.19. The van der Waals surface area contributed by atoms with Gasteiger partial charge in [0.15, 0.2) is 5.82 Å². The molecule has 0 radical (unpaired) electrons. The van der Waals surface area contributed by atoms with Gasteiger partial charge in [0.1, 0.15) is 5.60 Å². The fourth-order valence-corrected chi connectivity index (χ4v) is 2.87. The van der Waals surface area contributed by atoms with Gasteiger partial charge in [-0.3, -0.25) is 0 Å². The number of nitrogens with one attached hydrogen (secondary N) is 1. The highest BCUT2D eigenvalue weighted by Gasteiger charge is 2.38. The van der Waals surface area contributed by atoms with Gasteiger partial charge in [0.05, 0.1) is 5.69 Å². The van der Waals surface area contributed by atoms with Gasteiger partial charge in [-0.1, -0.05) is 0 Å². The fourth-order valence-electron chi connectivity index (χ4n) is 2.87. The van der Waals surface area contributed by atoms with Gasteiger partial charge in [0.2, 0.25) is 0 Å². The second-order valence-electron chi connectivity index (χ2n) is 6.02. The molecule has 1 aliphatic carbocycles. The molecule has 21 heavy (non-hydrogen) atoms. The average molecular weight is 291 g/mol. The van der Waals surface area contributed by atoms with Crippen LogP contribution in [0.25, 0.3) is 0 Å². The highest BCUT2D eigenvalue weighted by Crippen LogP contribution is 2.34. The van der Waals surface area contributed by atoms with E-state index in [4.69, 9.17) is 14.5 Å². The van der Waals surface area contributed by atoms with Crippen molar-refractivity contribution in [1.82, 2.24) is 15.3 Å². The smallest absolute Gasteiger partial charge is 0.160 e. The van der Waals surface area contributed by atoms with E-state index in [0.29, 0.717) is 25.9 Å². The van der Waals surface area contributed by atoms with E-state index < -0.39 is 0 Å². The Morgan fingerprint density at radius 3 is 2.76 bits per heavy atom. The molecule has 2 heterocycles. The van der Waals surface area contributed by atoms with E-state index in [2.05, 4.69) is 16.4 Å². The summed E-state index contributed by atoms with van der Waals surface area (Å²) >= 11 is 0. The van der Waals surface area contributed by atoms with Crippen LogP contribution in [0.15, 0.2) is 6.07 Å². The number of rotatable bonds is 6. The highest BCUT2D eigenvalue weighted by atomic mass is 16.5. The van der Waals surface area contributed by atoms with Crippen molar-refractivity contribution >= 4 is 0 Å². The fraction of sp³-hybridized carbons (Fsp3) is 0.750. The van der Waals surface area contributed by atoms with Gasteiger partial charge < -0.3 is 14.8 Å². The van der Waals surface area contributed by atoms with Gasteiger partial charge in [-0.2, -0.15) is 0 Å². The predicted octanol–water partition coefficient (Wildman–Crippen LogP) is 2.08. The highest BCUT2D eigenvalue weighted by molar-refractivity contribution is 5.15. The van der Waals surface area contributed by atoms with Gasteiger partial charge >= 0.3 is 0 Å². The summed E-state index contributed by atoms with van der Waals surface area (Å²) in [5.74, 6) is 0.834. The summed E-state index contributed by atoms with van der Waals surface area (Å²) in [6.45, 7) is 6.99. The zero-order valence-corrected chi connectivity index (χ0v) is 13.0. The molecule has 5 heteroatoms. The zero-order valence-electron chi connectivity index (χ0n) is 13.0. The van der Waals surface area contributed by atoms with Crippen LogP contribution < -0.4 is 5.32 Å². The van der Waals surface area contributed by atoms with Crippen molar-refractivity contribution in [3.63, 3.8) is 0 Å². The molecule has 2 fully saturated rings. The molecule has 0 spiro atoms. The van der Waals surface area contributed by atoms with Crippen molar-refractivity contribution in [3.8, 4) is 0 Å². The minimum Gasteiger partial charge on any atom is -0.381 e. The number of aromatic nitrogens is 2. The molecule has 0 aromatic carbocycles. The van der Waals surface area contributed by atoms with Crippen LogP contribution in [-0.4, -0.2) is 35.8 Å². The average Bonchev–Trinajstić information content (AvgIpc) is 3.30. The van der Waals surface area contributed by atoms with Crippen molar-refractivity contribution in [2.75, 3.05) is 19.8 Å². The van der Waals surface area contributed by atoms with Crippen LogP contribution in [0.1, 0.15) is 49.8 Å². The summed E-state index contributed by atoms with van der Waals surface area (Å²) in [6, 6.07) is 2.75. The lowest BCUT2D eigenvalue weighted by molar-refractivity contribution is -0.118. The van der Waals surface area contributed by atoms with Gasteiger partial charge in [-0.15, -0.1) is 0 Å². The maximum atomic E-state index is 6.08. The molecule has 1 aromatic rings. The molecule has 1 saturated heterocycles. The third-order valence-electron chi connectivity index (χ3n) is 4.19. The van der Waals surface area contributed by atoms with Crippen LogP contribution >= 0.6 is 0 Å². The second kappa shape index (κ2) is 6.38. The molecule has 1 aromatic heterocycles. The maximum Gasteiger partial charge on any atom is 0.160 e. The molecule has 0 atom stereocenters. The molecular weight excluding hydrogens is 266 g/mol. The van der Waals surface area contributed by atoms with E-state index in [9.17, 15) is 0 Å². The quantitative estimate of drug-likeness (QED) is 0.869. The summed E-state index contributed by atoms with van der Waals surface area (Å²) in [4.78, 5) is 9.47. The summed E-state index contributed by atoms with van der Waals surface area (Å²) < 4.78 is 11.6. The van der Waals surface area contributed by atoms with Crippen molar-refractivity contribution < 1.29 is 9.47 Å². The van der Waals surface area contributed by atoms with E-state index >= 15 is 0 Å². The first-order valence-corrected chi connectivity index (χ1v) is 8.02. The second-order valence-corrected chi connectivity index (χ2v) is 6.02. The topological polar surface area (TPSA) is 56.3 Å². The van der Waals surface area contributed by atoms with Crippen LogP contribution in [0, 0.1) is 6.92 Å². The molecule has 0 unspecified atom stereocenters. The Kier molecular flexibility index (Phi) is 4.52. The summed E-state index contributed by atoms with van der Waals surface area (Å²) in [7, 11) is 0. The van der Waals surface area contributed by atoms with Gasteiger partial charge in [-0.25, -0.2) is 9.97 Å². The first-order valence-electron chi connectivity index (χ1n) is 8.02. The number of hydrogen-bond donors (Lipinski definition) is 1. The van der Waals surface area contributed by atoms with E-state index in [1.807, 2.05) is 13.8 Å². The first-order chi connectivity index (χ1) is 10.2. The number of hydrogen-bond acceptors (Lipinski definition) is 5. The summed E-state index contributed by atoms with van der Waals surface area (Å²) in [5, 5.41) is 3.52. The van der Waals surface area contributed by atoms with Crippen LogP contribution in [0.4, 0.5) is 0 Å². The Balaban J connectivity index is 1.83. The van der Waals surface area contributed by atoms with E-state index in [1.165, 1.54) is 12.8 Å². The summed E-state index contributed by atoms with van der Waals surface area (Å²) in [6.07, 6.45) is 4.24. The number of aryl methyl sites for hydroxylation is 1. The normalized spacial score (nSPS) is 21.4. The third kappa shape index (κ3) is 3.59. The standard InChI is InChI=1S/C16H25N3O2/c1-3-21-16(6-8-20-9-7-16)15-18-12(2)10-14(19-15)11-17-13-4-5-13/h10,13,17H,3-9,11H2,1-2H3. The minimum atomic E-state index is -0.368. The number of ether oxygens (including phenoxy) is 2. The van der Waals surface area contributed by atoms with Crippen molar-refractivity contribution in [2.45, 2.75) is 57.7 Å². The Morgan fingerprint density at radius 1 is 1.33 bits per heavy atom. The molecule has 2 aliphatic rings. The Labute approximate surface area is 126 Å². The molecule has 0 amide bonds. The lowest BCUT2D eigenvalue weighted by Gasteiger charge is -2.35. The first kappa shape index (κ1) is 14.9. The Bertz CT molecular complexity index is 477. The van der Waals surface area contributed by atoms with Crippen LogP contribution in [0.2, 0.25) is 0 Å². The zero-order chi connectivity index (χ0) is 14.7. The molecule has 0 bridgehead atoms. The van der Waals surface area contributed by atoms with E-state index in [-0.39, 0.29) is 5.60 Å². The molecule has 1 N–H and O–H groups in total. The van der Waals surface area contributed by atoms with Gasteiger partial charge in [0, 0.05) is 50.9 Å². The molecule has 1 saturated carbocycles. The molecule has 116 valence electrons. The molecule has 1 aliphatic heterocycles.